The zero-order valence-corrected chi connectivity index (χ0v) is 8.73. The van der Waals surface area contributed by atoms with Crippen LogP contribution in [0, 0.1) is 0 Å². The zero-order chi connectivity index (χ0) is 10.8. The van der Waals surface area contributed by atoms with Gasteiger partial charge in [0.15, 0.2) is 0 Å². The van der Waals surface area contributed by atoms with Crippen LogP contribution in [0.1, 0.15) is 25.7 Å². The lowest BCUT2D eigenvalue weighted by atomic mass is 10.0. The lowest BCUT2D eigenvalue weighted by Crippen LogP contribution is -2.55. The summed E-state index contributed by atoms with van der Waals surface area (Å²) < 4.78 is 26.6. The average Bonchev–Trinajstić information content (AvgIpc) is 2.53. The Morgan fingerprint density at radius 3 is 2.21 bits per heavy atom. The molecule has 0 spiro atoms. The first kappa shape index (κ1) is 11.4. The van der Waals surface area contributed by atoms with Crippen molar-refractivity contribution in [1.29, 1.82) is 0 Å². The molecule has 1 rings (SSSR count). The summed E-state index contributed by atoms with van der Waals surface area (Å²) in [5.41, 5.74) is -1.30. The van der Waals surface area contributed by atoms with Crippen molar-refractivity contribution >= 4 is 16.2 Å². The van der Waals surface area contributed by atoms with Crippen molar-refractivity contribution in [2.75, 3.05) is 7.05 Å². The molecular weight excluding hydrogens is 208 g/mol. The predicted octanol–water partition coefficient (Wildman–Crippen LogP) is -0.562. The maximum Gasteiger partial charge on any atom is 0.324 e. The third-order valence-electron chi connectivity index (χ3n) is 2.46. The summed E-state index contributed by atoms with van der Waals surface area (Å²) in [7, 11) is -2.44. The number of carboxylic acids is 1. The molecular formula is C7H14N2O4S. The van der Waals surface area contributed by atoms with Gasteiger partial charge in [-0.3, -0.25) is 4.79 Å². The highest BCUT2D eigenvalue weighted by Gasteiger charge is 2.44. The molecule has 1 fully saturated rings. The summed E-state index contributed by atoms with van der Waals surface area (Å²) in [5.74, 6) is -1.10. The number of nitrogens with one attached hydrogen (secondary N) is 2. The number of aliphatic carboxylic acids is 1. The third-order valence-corrected chi connectivity index (χ3v) is 3.66. The van der Waals surface area contributed by atoms with Gasteiger partial charge in [-0.2, -0.15) is 13.1 Å². The molecule has 82 valence electrons. The minimum Gasteiger partial charge on any atom is -0.480 e. The Hall–Kier alpha value is -0.660. The Morgan fingerprint density at radius 2 is 1.86 bits per heavy atom. The van der Waals surface area contributed by atoms with Crippen molar-refractivity contribution in [3.63, 3.8) is 0 Å². The molecule has 0 bridgehead atoms. The first-order valence-corrected chi connectivity index (χ1v) is 5.86. The minimum atomic E-state index is -3.69. The topological polar surface area (TPSA) is 95.5 Å². The molecule has 1 aliphatic rings. The van der Waals surface area contributed by atoms with Crippen molar-refractivity contribution < 1.29 is 18.3 Å². The molecule has 0 aromatic rings. The molecule has 3 N–H and O–H groups in total. The average molecular weight is 222 g/mol. The number of carbonyl (C=O) groups is 1. The number of hydrogen-bond acceptors (Lipinski definition) is 3. The molecule has 0 heterocycles. The largest absolute Gasteiger partial charge is 0.480 e. The second kappa shape index (κ2) is 3.84. The third kappa shape index (κ3) is 2.23. The van der Waals surface area contributed by atoms with E-state index in [0.717, 1.165) is 12.8 Å². The number of rotatable bonds is 4. The van der Waals surface area contributed by atoms with E-state index in [-0.39, 0.29) is 0 Å². The van der Waals surface area contributed by atoms with E-state index in [9.17, 15) is 13.2 Å². The lowest BCUT2D eigenvalue weighted by Gasteiger charge is -2.24. The van der Waals surface area contributed by atoms with Crippen LogP contribution in [0.4, 0.5) is 0 Å². The number of carboxylic acid groups (broad SMARTS) is 1. The van der Waals surface area contributed by atoms with Crippen LogP contribution < -0.4 is 9.44 Å². The molecule has 0 unspecified atom stereocenters. The van der Waals surface area contributed by atoms with Crippen LogP contribution in [0.2, 0.25) is 0 Å². The van der Waals surface area contributed by atoms with Crippen molar-refractivity contribution in [1.82, 2.24) is 9.44 Å². The summed E-state index contributed by atoms with van der Waals surface area (Å²) in [5, 5.41) is 8.97. The van der Waals surface area contributed by atoms with E-state index in [1.807, 2.05) is 4.72 Å². The standard InChI is InChI=1S/C7H14N2O4S/c1-8-14(12,13)9-7(6(10)11)4-2-3-5-7/h8-9H,2-5H2,1H3,(H,10,11). The van der Waals surface area contributed by atoms with E-state index in [2.05, 4.69) is 4.72 Å². The van der Waals surface area contributed by atoms with Gasteiger partial charge in [0.25, 0.3) is 10.2 Å². The first-order chi connectivity index (χ1) is 6.42. The molecule has 7 heteroatoms. The molecule has 0 saturated heterocycles. The van der Waals surface area contributed by atoms with Gasteiger partial charge in [-0.25, -0.2) is 4.72 Å². The monoisotopic (exact) mass is 222 g/mol. The lowest BCUT2D eigenvalue weighted by molar-refractivity contribution is -0.143. The molecule has 0 aromatic carbocycles. The summed E-state index contributed by atoms with van der Waals surface area (Å²) in [6.07, 6.45) is 2.17. The smallest absolute Gasteiger partial charge is 0.324 e. The van der Waals surface area contributed by atoms with Crippen LogP contribution in [0.3, 0.4) is 0 Å². The van der Waals surface area contributed by atoms with Gasteiger partial charge in [0.05, 0.1) is 0 Å². The highest BCUT2D eigenvalue weighted by molar-refractivity contribution is 7.87. The van der Waals surface area contributed by atoms with Gasteiger partial charge in [-0.1, -0.05) is 12.8 Å². The highest BCUT2D eigenvalue weighted by Crippen LogP contribution is 2.30. The van der Waals surface area contributed by atoms with Crippen molar-refractivity contribution in [2.45, 2.75) is 31.2 Å². The molecule has 1 aliphatic carbocycles. The fraction of sp³-hybridized carbons (Fsp3) is 0.857. The summed E-state index contributed by atoms with van der Waals surface area (Å²) in [4.78, 5) is 11.0. The van der Waals surface area contributed by atoms with Crippen LogP contribution in [0.5, 0.6) is 0 Å². The fourth-order valence-corrected chi connectivity index (χ4v) is 2.55. The Labute approximate surface area is 82.9 Å². The molecule has 0 aliphatic heterocycles. The van der Waals surface area contributed by atoms with Crippen LogP contribution in [-0.4, -0.2) is 32.1 Å². The van der Waals surface area contributed by atoms with Gasteiger partial charge < -0.3 is 5.11 Å². The summed E-state index contributed by atoms with van der Waals surface area (Å²) in [6.45, 7) is 0. The maximum atomic E-state index is 11.2. The van der Waals surface area contributed by atoms with E-state index in [1.165, 1.54) is 7.05 Å². The minimum absolute atomic E-state index is 0.350. The fourth-order valence-electron chi connectivity index (χ4n) is 1.65. The second-order valence-electron chi connectivity index (χ2n) is 3.40. The Bertz CT molecular complexity index is 319. The van der Waals surface area contributed by atoms with E-state index < -0.39 is 21.7 Å². The van der Waals surface area contributed by atoms with Gasteiger partial charge >= 0.3 is 5.97 Å². The molecule has 0 amide bonds. The Balaban J connectivity index is 2.86. The zero-order valence-electron chi connectivity index (χ0n) is 7.91. The van der Waals surface area contributed by atoms with E-state index in [0.29, 0.717) is 12.8 Å². The van der Waals surface area contributed by atoms with E-state index in [4.69, 9.17) is 5.11 Å². The van der Waals surface area contributed by atoms with Crippen molar-refractivity contribution in [2.24, 2.45) is 0 Å². The van der Waals surface area contributed by atoms with Crippen LogP contribution in [0.15, 0.2) is 0 Å². The van der Waals surface area contributed by atoms with Crippen molar-refractivity contribution in [3.8, 4) is 0 Å². The molecule has 6 nitrogen and oxygen atoms in total. The predicted molar refractivity (Wildman–Crippen MR) is 50.0 cm³/mol. The van der Waals surface area contributed by atoms with Crippen LogP contribution in [0.25, 0.3) is 0 Å². The molecule has 0 aromatic heterocycles. The van der Waals surface area contributed by atoms with E-state index in [1.54, 1.807) is 0 Å². The van der Waals surface area contributed by atoms with E-state index >= 15 is 0 Å². The van der Waals surface area contributed by atoms with Gasteiger partial charge in [0.2, 0.25) is 0 Å². The van der Waals surface area contributed by atoms with Gasteiger partial charge in [-0.15, -0.1) is 0 Å². The molecule has 0 radical (unpaired) electrons. The van der Waals surface area contributed by atoms with Crippen molar-refractivity contribution in [3.05, 3.63) is 0 Å². The molecule has 0 atom stereocenters. The number of hydrogen-bond donors (Lipinski definition) is 3. The highest BCUT2D eigenvalue weighted by atomic mass is 32.2. The maximum absolute atomic E-state index is 11.2. The van der Waals surface area contributed by atoms with Crippen LogP contribution in [-0.2, 0) is 15.0 Å². The van der Waals surface area contributed by atoms with Gasteiger partial charge in [0.1, 0.15) is 5.54 Å². The second-order valence-corrected chi connectivity index (χ2v) is 5.02. The Kier molecular flexibility index (Phi) is 3.13. The quantitative estimate of drug-likeness (QED) is 0.594. The summed E-state index contributed by atoms with van der Waals surface area (Å²) >= 11 is 0. The summed E-state index contributed by atoms with van der Waals surface area (Å²) in [6, 6.07) is 0. The normalized spacial score (nSPS) is 20.9. The molecule has 14 heavy (non-hydrogen) atoms. The molecule has 1 saturated carbocycles. The van der Waals surface area contributed by atoms with Gasteiger partial charge in [0, 0.05) is 7.05 Å². The van der Waals surface area contributed by atoms with Crippen LogP contribution >= 0.6 is 0 Å². The van der Waals surface area contributed by atoms with Gasteiger partial charge in [-0.05, 0) is 12.8 Å². The Morgan fingerprint density at radius 1 is 1.36 bits per heavy atom. The first-order valence-electron chi connectivity index (χ1n) is 4.38. The SMILES string of the molecule is CNS(=O)(=O)NC1(C(=O)O)CCCC1.